The lowest BCUT2D eigenvalue weighted by molar-refractivity contribution is 0.282. The van der Waals surface area contributed by atoms with E-state index in [-0.39, 0.29) is 0 Å². The van der Waals surface area contributed by atoms with E-state index in [9.17, 15) is 13.0 Å². The van der Waals surface area contributed by atoms with Crippen molar-refractivity contribution in [1.82, 2.24) is 0 Å². The van der Waals surface area contributed by atoms with Crippen molar-refractivity contribution < 1.29 is 18.1 Å². The molecule has 0 aromatic heterocycles. The molecule has 0 aromatic carbocycles. The first-order valence-corrected chi connectivity index (χ1v) is 14.1. The summed E-state index contributed by atoms with van der Waals surface area (Å²) in [6.07, 6.45) is 23.7. The average molecular weight is 435 g/mol. The van der Waals surface area contributed by atoms with E-state index in [4.69, 9.17) is 5.11 Å². The minimum absolute atomic E-state index is 0.329. The number of hydrogen-bond donors (Lipinski definition) is 2. The van der Waals surface area contributed by atoms with Crippen LogP contribution in [0.15, 0.2) is 0 Å². The lowest BCUT2D eigenvalue weighted by Crippen LogP contribution is -2.20. The van der Waals surface area contributed by atoms with E-state index in [0.717, 1.165) is 38.5 Å². The first kappa shape index (κ1) is 28.9. The van der Waals surface area contributed by atoms with Crippen molar-refractivity contribution in [3.05, 3.63) is 0 Å². The van der Waals surface area contributed by atoms with Crippen LogP contribution in [0.3, 0.4) is 0 Å². The third-order valence-corrected chi connectivity index (χ3v) is 7.30. The summed E-state index contributed by atoms with van der Waals surface area (Å²) in [6.45, 7) is 2.52. The maximum absolute atomic E-state index is 11.6. The van der Waals surface area contributed by atoms with Gasteiger partial charge in [-0.1, -0.05) is 122 Å². The molecule has 0 fully saturated rings. The predicted molar refractivity (Wildman–Crippen MR) is 125 cm³/mol. The Morgan fingerprint density at radius 1 is 0.552 bits per heavy atom. The minimum Gasteiger partial charge on any atom is -0.396 e. The molecular formula is C24H50O4S. The summed E-state index contributed by atoms with van der Waals surface area (Å²) >= 11 is 0. The van der Waals surface area contributed by atoms with Gasteiger partial charge in [-0.15, -0.1) is 0 Å². The van der Waals surface area contributed by atoms with Gasteiger partial charge in [-0.3, -0.25) is 4.55 Å². The highest BCUT2D eigenvalue weighted by molar-refractivity contribution is 7.86. The molecule has 4 nitrogen and oxygen atoms in total. The summed E-state index contributed by atoms with van der Waals surface area (Å²) in [6, 6.07) is 0. The molecule has 1 atom stereocenters. The lowest BCUT2D eigenvalue weighted by Gasteiger charge is -2.13. The van der Waals surface area contributed by atoms with E-state index in [1.807, 2.05) is 0 Å². The molecule has 2 N–H and O–H groups in total. The Hall–Kier alpha value is -0.130. The number of unbranched alkanes of at least 4 members (excludes halogenated alkanes) is 17. The van der Waals surface area contributed by atoms with Gasteiger partial charge in [0.1, 0.15) is 0 Å². The van der Waals surface area contributed by atoms with Crippen molar-refractivity contribution in [2.75, 3.05) is 6.61 Å². The zero-order chi connectivity index (χ0) is 21.6. The molecule has 176 valence electrons. The second-order valence-electron chi connectivity index (χ2n) is 8.80. The SMILES string of the molecule is CCCCCCCCC(CCCCCCCCCCCCCCCO)S(=O)(=O)O. The van der Waals surface area contributed by atoms with E-state index < -0.39 is 15.4 Å². The molecular weight excluding hydrogens is 384 g/mol. The van der Waals surface area contributed by atoms with Crippen LogP contribution in [0.5, 0.6) is 0 Å². The van der Waals surface area contributed by atoms with Crippen molar-refractivity contribution in [1.29, 1.82) is 0 Å². The molecule has 1 unspecified atom stereocenters. The highest BCUT2D eigenvalue weighted by Crippen LogP contribution is 2.19. The van der Waals surface area contributed by atoms with Gasteiger partial charge in [-0.25, -0.2) is 0 Å². The minimum atomic E-state index is -3.89. The van der Waals surface area contributed by atoms with E-state index >= 15 is 0 Å². The molecule has 0 saturated carbocycles. The van der Waals surface area contributed by atoms with Gasteiger partial charge in [0, 0.05) is 6.61 Å². The van der Waals surface area contributed by atoms with Crippen LogP contribution in [0, 0.1) is 0 Å². The predicted octanol–water partition coefficient (Wildman–Crippen LogP) is 7.45. The topological polar surface area (TPSA) is 74.6 Å². The third-order valence-electron chi connectivity index (χ3n) is 5.99. The Balaban J connectivity index is 3.54. The maximum Gasteiger partial charge on any atom is 0.267 e. The van der Waals surface area contributed by atoms with Gasteiger partial charge in [0.25, 0.3) is 10.1 Å². The number of hydrogen-bond acceptors (Lipinski definition) is 3. The monoisotopic (exact) mass is 434 g/mol. The molecule has 0 bridgehead atoms. The standard InChI is InChI=1S/C24H50O4S/c1-2-3-4-5-15-18-21-24(29(26,27)28)22-19-16-13-11-9-7-6-8-10-12-14-17-20-23-25/h24-25H,2-23H2,1H3,(H,26,27,28). The molecule has 0 heterocycles. The van der Waals surface area contributed by atoms with Crippen molar-refractivity contribution in [2.45, 2.75) is 147 Å². The second-order valence-corrected chi connectivity index (χ2v) is 10.5. The molecule has 0 amide bonds. The van der Waals surface area contributed by atoms with Crippen LogP contribution in [-0.2, 0) is 10.1 Å². The lowest BCUT2D eigenvalue weighted by atomic mass is 10.0. The van der Waals surface area contributed by atoms with Gasteiger partial charge in [0.2, 0.25) is 0 Å². The van der Waals surface area contributed by atoms with Crippen LogP contribution in [-0.4, -0.2) is 29.9 Å². The Labute approximate surface area is 182 Å². The first-order valence-electron chi connectivity index (χ1n) is 12.6. The van der Waals surface area contributed by atoms with E-state index in [0.29, 0.717) is 19.4 Å². The van der Waals surface area contributed by atoms with Crippen LogP contribution in [0.1, 0.15) is 142 Å². The molecule has 29 heavy (non-hydrogen) atoms. The zero-order valence-corrected chi connectivity index (χ0v) is 20.1. The summed E-state index contributed by atoms with van der Waals surface area (Å²) in [5.74, 6) is 0. The summed E-state index contributed by atoms with van der Waals surface area (Å²) < 4.78 is 32.7. The molecule has 0 spiro atoms. The Bertz CT molecular complexity index is 423. The normalized spacial score (nSPS) is 13.1. The molecule has 0 aliphatic rings. The molecule has 0 rings (SSSR count). The fraction of sp³-hybridized carbons (Fsp3) is 1.00. The Morgan fingerprint density at radius 2 is 0.862 bits per heavy atom. The molecule has 5 heteroatoms. The third kappa shape index (κ3) is 20.9. The highest BCUT2D eigenvalue weighted by atomic mass is 32.2. The van der Waals surface area contributed by atoms with Crippen LogP contribution in [0.4, 0.5) is 0 Å². The molecule has 0 radical (unpaired) electrons. The Kier molecular flexibility index (Phi) is 21.0. The molecule has 0 aliphatic carbocycles. The zero-order valence-electron chi connectivity index (χ0n) is 19.3. The van der Waals surface area contributed by atoms with Gasteiger partial charge >= 0.3 is 0 Å². The van der Waals surface area contributed by atoms with Crippen LogP contribution < -0.4 is 0 Å². The molecule has 0 saturated heterocycles. The summed E-state index contributed by atoms with van der Waals surface area (Å²) in [5.41, 5.74) is 0. The number of aliphatic hydroxyl groups excluding tert-OH is 1. The van der Waals surface area contributed by atoms with E-state index in [1.165, 1.54) is 83.5 Å². The summed E-state index contributed by atoms with van der Waals surface area (Å²) in [5, 5.41) is 8.19. The summed E-state index contributed by atoms with van der Waals surface area (Å²) in [4.78, 5) is 0. The van der Waals surface area contributed by atoms with Crippen molar-refractivity contribution in [2.24, 2.45) is 0 Å². The quantitative estimate of drug-likeness (QED) is 0.129. The van der Waals surface area contributed by atoms with Crippen molar-refractivity contribution >= 4 is 10.1 Å². The number of aliphatic hydroxyl groups is 1. The first-order chi connectivity index (χ1) is 14.0. The highest BCUT2D eigenvalue weighted by Gasteiger charge is 2.21. The number of rotatable bonds is 23. The van der Waals surface area contributed by atoms with Crippen molar-refractivity contribution in [3.63, 3.8) is 0 Å². The second kappa shape index (κ2) is 21.1. The summed E-state index contributed by atoms with van der Waals surface area (Å²) in [7, 11) is -3.89. The van der Waals surface area contributed by atoms with Crippen molar-refractivity contribution in [3.8, 4) is 0 Å². The Morgan fingerprint density at radius 3 is 1.17 bits per heavy atom. The van der Waals surface area contributed by atoms with Crippen LogP contribution in [0.2, 0.25) is 0 Å². The van der Waals surface area contributed by atoms with Crippen LogP contribution >= 0.6 is 0 Å². The smallest absolute Gasteiger partial charge is 0.267 e. The average Bonchev–Trinajstić information content (AvgIpc) is 2.68. The van der Waals surface area contributed by atoms with E-state index in [2.05, 4.69) is 6.92 Å². The molecule has 0 aliphatic heterocycles. The van der Waals surface area contributed by atoms with Gasteiger partial charge in [0.05, 0.1) is 5.25 Å². The van der Waals surface area contributed by atoms with Crippen LogP contribution in [0.25, 0.3) is 0 Å². The van der Waals surface area contributed by atoms with Gasteiger partial charge in [-0.05, 0) is 19.3 Å². The fourth-order valence-electron chi connectivity index (χ4n) is 4.02. The maximum atomic E-state index is 11.6. The fourth-order valence-corrected chi connectivity index (χ4v) is 4.95. The van der Waals surface area contributed by atoms with Gasteiger partial charge in [0.15, 0.2) is 0 Å². The van der Waals surface area contributed by atoms with Gasteiger partial charge in [-0.2, -0.15) is 8.42 Å². The largest absolute Gasteiger partial charge is 0.396 e. The molecule has 0 aromatic rings. The van der Waals surface area contributed by atoms with Gasteiger partial charge < -0.3 is 5.11 Å². The van der Waals surface area contributed by atoms with E-state index in [1.54, 1.807) is 0 Å².